The highest BCUT2D eigenvalue weighted by molar-refractivity contribution is 7.08. The SMILES string of the molecule is CCc1nnsc1C(=O)Nc1ccc(C(C)C)cc1. The van der Waals surface area contributed by atoms with Gasteiger partial charge < -0.3 is 5.32 Å². The predicted octanol–water partition coefficient (Wildman–Crippen LogP) is 3.48. The van der Waals surface area contributed by atoms with E-state index in [-0.39, 0.29) is 5.91 Å². The molecule has 0 fully saturated rings. The summed E-state index contributed by atoms with van der Waals surface area (Å²) in [4.78, 5) is 12.7. The van der Waals surface area contributed by atoms with Crippen molar-refractivity contribution in [3.05, 3.63) is 40.4 Å². The largest absolute Gasteiger partial charge is 0.321 e. The number of carbonyl (C=O) groups excluding carboxylic acids is 1. The first-order chi connectivity index (χ1) is 9.11. The van der Waals surface area contributed by atoms with Crippen LogP contribution >= 0.6 is 11.5 Å². The molecule has 19 heavy (non-hydrogen) atoms. The second kappa shape index (κ2) is 5.93. The third-order valence-electron chi connectivity index (χ3n) is 2.93. The monoisotopic (exact) mass is 275 g/mol. The molecule has 0 atom stereocenters. The summed E-state index contributed by atoms with van der Waals surface area (Å²) in [5.41, 5.74) is 2.80. The molecule has 5 heteroatoms. The van der Waals surface area contributed by atoms with Crippen molar-refractivity contribution in [1.29, 1.82) is 0 Å². The number of nitrogens with one attached hydrogen (secondary N) is 1. The van der Waals surface area contributed by atoms with Crippen LogP contribution in [0.1, 0.15) is 47.6 Å². The van der Waals surface area contributed by atoms with E-state index in [2.05, 4.69) is 28.8 Å². The van der Waals surface area contributed by atoms with Gasteiger partial charge in [0.2, 0.25) is 0 Å². The first-order valence-corrected chi connectivity index (χ1v) is 7.11. The van der Waals surface area contributed by atoms with Gasteiger partial charge in [0.1, 0.15) is 4.88 Å². The highest BCUT2D eigenvalue weighted by Gasteiger charge is 2.14. The van der Waals surface area contributed by atoms with Gasteiger partial charge in [0.25, 0.3) is 5.91 Å². The van der Waals surface area contributed by atoms with E-state index in [0.29, 0.717) is 17.2 Å². The van der Waals surface area contributed by atoms with E-state index in [9.17, 15) is 4.79 Å². The van der Waals surface area contributed by atoms with E-state index in [1.54, 1.807) is 0 Å². The number of hydrogen-bond donors (Lipinski definition) is 1. The van der Waals surface area contributed by atoms with Crippen LogP contribution in [-0.2, 0) is 6.42 Å². The lowest BCUT2D eigenvalue weighted by Crippen LogP contribution is -2.12. The minimum absolute atomic E-state index is 0.135. The van der Waals surface area contributed by atoms with E-state index in [4.69, 9.17) is 0 Å². The summed E-state index contributed by atoms with van der Waals surface area (Å²) in [5.74, 6) is 0.353. The number of rotatable bonds is 4. The Morgan fingerprint density at radius 3 is 2.58 bits per heavy atom. The van der Waals surface area contributed by atoms with Gasteiger partial charge in [0, 0.05) is 5.69 Å². The van der Waals surface area contributed by atoms with Crippen LogP contribution in [0.5, 0.6) is 0 Å². The van der Waals surface area contributed by atoms with E-state index >= 15 is 0 Å². The van der Waals surface area contributed by atoms with Crippen molar-refractivity contribution in [1.82, 2.24) is 9.59 Å². The maximum Gasteiger partial charge on any atom is 0.269 e. The Labute approximate surface area is 117 Å². The van der Waals surface area contributed by atoms with Crippen LogP contribution in [0, 0.1) is 0 Å². The summed E-state index contributed by atoms with van der Waals surface area (Å²) in [6, 6.07) is 7.92. The minimum Gasteiger partial charge on any atom is -0.321 e. The van der Waals surface area contributed by atoms with Crippen LogP contribution in [0.3, 0.4) is 0 Å². The molecule has 2 aromatic rings. The summed E-state index contributed by atoms with van der Waals surface area (Å²) in [7, 11) is 0. The molecule has 1 aromatic heterocycles. The maximum atomic E-state index is 12.1. The Hall–Kier alpha value is -1.75. The highest BCUT2D eigenvalue weighted by Crippen LogP contribution is 2.19. The van der Waals surface area contributed by atoms with Crippen molar-refractivity contribution in [2.75, 3.05) is 5.32 Å². The number of nitrogens with zero attached hydrogens (tertiary/aromatic N) is 2. The maximum absolute atomic E-state index is 12.1. The van der Waals surface area contributed by atoms with Gasteiger partial charge >= 0.3 is 0 Å². The zero-order chi connectivity index (χ0) is 13.8. The molecule has 0 unspecified atom stereocenters. The van der Waals surface area contributed by atoms with Crippen LogP contribution in [0.4, 0.5) is 5.69 Å². The first kappa shape index (κ1) is 13.7. The highest BCUT2D eigenvalue weighted by atomic mass is 32.1. The van der Waals surface area contributed by atoms with Crippen molar-refractivity contribution in [2.24, 2.45) is 0 Å². The lowest BCUT2D eigenvalue weighted by Gasteiger charge is -2.07. The van der Waals surface area contributed by atoms with Crippen LogP contribution in [-0.4, -0.2) is 15.5 Å². The minimum atomic E-state index is -0.135. The van der Waals surface area contributed by atoms with Gasteiger partial charge in [-0.25, -0.2) is 0 Å². The first-order valence-electron chi connectivity index (χ1n) is 6.34. The fourth-order valence-corrected chi connectivity index (χ4v) is 2.40. The summed E-state index contributed by atoms with van der Waals surface area (Å²) < 4.78 is 3.82. The fraction of sp³-hybridized carbons (Fsp3) is 0.357. The van der Waals surface area contributed by atoms with Gasteiger partial charge in [-0.3, -0.25) is 4.79 Å². The molecule has 0 saturated carbocycles. The quantitative estimate of drug-likeness (QED) is 0.929. The Balaban J connectivity index is 2.11. The number of amides is 1. The van der Waals surface area contributed by atoms with Gasteiger partial charge in [-0.15, -0.1) is 5.10 Å². The predicted molar refractivity (Wildman–Crippen MR) is 77.8 cm³/mol. The Bertz CT molecular complexity index is 560. The van der Waals surface area contributed by atoms with Gasteiger partial charge in [-0.2, -0.15) is 0 Å². The van der Waals surface area contributed by atoms with E-state index in [1.165, 1.54) is 5.56 Å². The normalized spacial score (nSPS) is 10.7. The van der Waals surface area contributed by atoms with Crippen LogP contribution < -0.4 is 5.32 Å². The molecule has 0 saturated heterocycles. The molecule has 1 aromatic carbocycles. The number of aromatic nitrogens is 2. The topological polar surface area (TPSA) is 54.9 Å². The summed E-state index contributed by atoms with van der Waals surface area (Å²) in [6.07, 6.45) is 0.714. The molecule has 1 amide bonds. The average molecular weight is 275 g/mol. The Morgan fingerprint density at radius 2 is 2.00 bits per heavy atom. The molecule has 0 aliphatic rings. The number of carbonyl (C=O) groups is 1. The molecule has 0 radical (unpaired) electrons. The smallest absolute Gasteiger partial charge is 0.269 e. The van der Waals surface area contributed by atoms with Gasteiger partial charge in [-0.1, -0.05) is 37.4 Å². The summed E-state index contributed by atoms with van der Waals surface area (Å²) >= 11 is 1.14. The third-order valence-corrected chi connectivity index (χ3v) is 3.70. The zero-order valence-electron chi connectivity index (χ0n) is 11.3. The molecule has 0 spiro atoms. The van der Waals surface area contributed by atoms with Crippen molar-refractivity contribution in [3.63, 3.8) is 0 Å². The van der Waals surface area contributed by atoms with Gasteiger partial charge in [0.05, 0.1) is 5.69 Å². The molecule has 1 N–H and O–H groups in total. The zero-order valence-corrected chi connectivity index (χ0v) is 12.1. The lowest BCUT2D eigenvalue weighted by atomic mass is 10.0. The van der Waals surface area contributed by atoms with Gasteiger partial charge in [-0.05, 0) is 41.6 Å². The summed E-state index contributed by atoms with van der Waals surface area (Å²) in [6.45, 7) is 6.25. The third kappa shape index (κ3) is 3.17. The fourth-order valence-electron chi connectivity index (χ4n) is 1.75. The van der Waals surface area contributed by atoms with Crippen molar-refractivity contribution in [3.8, 4) is 0 Å². The number of aryl methyl sites for hydroxylation is 1. The standard InChI is InChI=1S/C14H17N3OS/c1-4-12-13(19-17-16-12)14(18)15-11-7-5-10(6-8-11)9(2)3/h5-9H,4H2,1-3H3,(H,15,18). The molecule has 1 heterocycles. The molecular formula is C14H17N3OS. The molecule has 2 rings (SSSR count). The van der Waals surface area contributed by atoms with Crippen LogP contribution in [0.25, 0.3) is 0 Å². The van der Waals surface area contributed by atoms with E-state index in [0.717, 1.165) is 22.9 Å². The lowest BCUT2D eigenvalue weighted by molar-refractivity contribution is 0.102. The van der Waals surface area contributed by atoms with Crippen LogP contribution in [0.15, 0.2) is 24.3 Å². The number of benzene rings is 1. The second-order valence-electron chi connectivity index (χ2n) is 4.63. The Morgan fingerprint density at radius 1 is 1.32 bits per heavy atom. The average Bonchev–Trinajstić information content (AvgIpc) is 2.87. The van der Waals surface area contributed by atoms with E-state index < -0.39 is 0 Å². The molecule has 4 nitrogen and oxygen atoms in total. The molecule has 100 valence electrons. The molecule has 0 aliphatic carbocycles. The number of hydrogen-bond acceptors (Lipinski definition) is 4. The Kier molecular flexibility index (Phi) is 4.27. The van der Waals surface area contributed by atoms with Gasteiger partial charge in [0.15, 0.2) is 0 Å². The van der Waals surface area contributed by atoms with Crippen molar-refractivity contribution in [2.45, 2.75) is 33.1 Å². The molecular weight excluding hydrogens is 258 g/mol. The molecule has 0 bridgehead atoms. The number of anilines is 1. The van der Waals surface area contributed by atoms with Crippen LogP contribution in [0.2, 0.25) is 0 Å². The van der Waals surface area contributed by atoms with Crippen molar-refractivity contribution >= 4 is 23.1 Å². The van der Waals surface area contributed by atoms with E-state index in [1.807, 2.05) is 31.2 Å². The second-order valence-corrected chi connectivity index (χ2v) is 5.39. The molecule has 0 aliphatic heterocycles. The summed E-state index contributed by atoms with van der Waals surface area (Å²) in [5, 5.41) is 6.82. The van der Waals surface area contributed by atoms with Crippen molar-refractivity contribution < 1.29 is 4.79 Å².